The van der Waals surface area contributed by atoms with Gasteiger partial charge < -0.3 is 16.0 Å². The van der Waals surface area contributed by atoms with Crippen molar-refractivity contribution >= 4 is 11.8 Å². The number of rotatable bonds is 5. The van der Waals surface area contributed by atoms with Crippen LogP contribution in [-0.2, 0) is 0 Å². The maximum atomic E-state index is 12.1. The number of piperidine rings is 1. The summed E-state index contributed by atoms with van der Waals surface area (Å²) in [7, 11) is 0. The number of amides is 2. The van der Waals surface area contributed by atoms with Crippen molar-refractivity contribution in [3.63, 3.8) is 0 Å². The molecule has 2 amide bonds. The van der Waals surface area contributed by atoms with E-state index in [1.165, 1.54) is 0 Å². The van der Waals surface area contributed by atoms with E-state index in [0.29, 0.717) is 18.5 Å². The van der Waals surface area contributed by atoms with Crippen LogP contribution in [-0.4, -0.2) is 35.5 Å². The molecule has 1 saturated heterocycles. The van der Waals surface area contributed by atoms with Gasteiger partial charge in [-0.2, -0.15) is 0 Å². The van der Waals surface area contributed by atoms with Gasteiger partial charge in [-0.05, 0) is 47.5 Å². The van der Waals surface area contributed by atoms with E-state index >= 15 is 0 Å². The third-order valence-corrected chi connectivity index (χ3v) is 4.54. The molecule has 0 atom stereocenters. The van der Waals surface area contributed by atoms with E-state index in [1.54, 1.807) is 0 Å². The second-order valence-electron chi connectivity index (χ2n) is 8.44. The number of carbonyl (C=O) groups is 2. The molecule has 1 aromatic carbocycles. The molecule has 1 heterocycles. The molecule has 0 aliphatic carbocycles. The topological polar surface area (TPSA) is 70.2 Å². The highest BCUT2D eigenvalue weighted by Crippen LogP contribution is 2.28. The molecule has 1 aliphatic rings. The molecule has 1 aromatic rings. The highest BCUT2D eigenvalue weighted by molar-refractivity contribution is 5.96. The van der Waals surface area contributed by atoms with Gasteiger partial charge >= 0.3 is 6.03 Å². The number of benzene rings is 1. The van der Waals surface area contributed by atoms with Crippen molar-refractivity contribution < 1.29 is 9.59 Å². The van der Waals surface area contributed by atoms with Gasteiger partial charge in [0.2, 0.25) is 0 Å². The molecule has 5 heteroatoms. The summed E-state index contributed by atoms with van der Waals surface area (Å²) in [6.45, 7) is 10.9. The Morgan fingerprint density at radius 1 is 1.08 bits per heavy atom. The number of ketones is 1. The van der Waals surface area contributed by atoms with Crippen LogP contribution >= 0.6 is 0 Å². The van der Waals surface area contributed by atoms with Crippen LogP contribution in [0, 0.1) is 6.92 Å². The minimum absolute atomic E-state index is 0.0128. The van der Waals surface area contributed by atoms with Crippen molar-refractivity contribution in [1.82, 2.24) is 16.0 Å². The summed E-state index contributed by atoms with van der Waals surface area (Å²) in [5, 5.41) is 9.45. The first-order valence-corrected chi connectivity index (χ1v) is 9.00. The van der Waals surface area contributed by atoms with Crippen LogP contribution in [0.25, 0.3) is 0 Å². The summed E-state index contributed by atoms with van der Waals surface area (Å²) in [5.41, 5.74) is 1.79. The molecule has 25 heavy (non-hydrogen) atoms. The Morgan fingerprint density at radius 3 is 2.20 bits per heavy atom. The normalized spacial score (nSPS) is 19.2. The first kappa shape index (κ1) is 19.4. The van der Waals surface area contributed by atoms with Crippen LogP contribution in [0.3, 0.4) is 0 Å². The van der Waals surface area contributed by atoms with E-state index in [0.717, 1.165) is 18.4 Å². The minimum Gasteiger partial charge on any atom is -0.338 e. The number of nitrogens with one attached hydrogen (secondary N) is 3. The Kier molecular flexibility index (Phi) is 5.88. The van der Waals surface area contributed by atoms with Crippen LogP contribution in [0.2, 0.25) is 0 Å². The summed E-state index contributed by atoms with van der Waals surface area (Å²) in [6, 6.07) is 7.43. The van der Waals surface area contributed by atoms with E-state index in [9.17, 15) is 9.59 Å². The van der Waals surface area contributed by atoms with E-state index < -0.39 is 0 Å². The maximum Gasteiger partial charge on any atom is 0.315 e. The molecular weight excluding hydrogens is 314 g/mol. The number of Topliss-reactive ketones (excluding diaryl/α,β-unsaturated/α-hetero) is 1. The average molecular weight is 345 g/mol. The van der Waals surface area contributed by atoms with Crippen molar-refractivity contribution in [1.29, 1.82) is 0 Å². The lowest BCUT2D eigenvalue weighted by atomic mass is 9.80. The van der Waals surface area contributed by atoms with Gasteiger partial charge in [0, 0.05) is 35.6 Å². The maximum absolute atomic E-state index is 12.1. The Morgan fingerprint density at radius 2 is 1.64 bits per heavy atom. The van der Waals surface area contributed by atoms with Crippen molar-refractivity contribution in [2.24, 2.45) is 0 Å². The van der Waals surface area contributed by atoms with Gasteiger partial charge in [-0.25, -0.2) is 4.79 Å². The van der Waals surface area contributed by atoms with Gasteiger partial charge in [-0.1, -0.05) is 29.8 Å². The quantitative estimate of drug-likeness (QED) is 0.718. The van der Waals surface area contributed by atoms with Crippen LogP contribution in [0.15, 0.2) is 24.3 Å². The van der Waals surface area contributed by atoms with E-state index in [-0.39, 0.29) is 28.9 Å². The molecule has 0 saturated carbocycles. The number of hydrogen-bond donors (Lipinski definition) is 3. The monoisotopic (exact) mass is 345 g/mol. The minimum atomic E-state index is -0.199. The Bertz CT molecular complexity index is 604. The molecule has 138 valence electrons. The summed E-state index contributed by atoms with van der Waals surface area (Å²) < 4.78 is 0. The highest BCUT2D eigenvalue weighted by atomic mass is 16.2. The molecule has 1 aliphatic heterocycles. The summed E-state index contributed by atoms with van der Waals surface area (Å²) >= 11 is 0. The third-order valence-electron chi connectivity index (χ3n) is 4.54. The first-order chi connectivity index (χ1) is 11.6. The van der Waals surface area contributed by atoms with Gasteiger partial charge in [0.05, 0.1) is 0 Å². The lowest BCUT2D eigenvalue weighted by Crippen LogP contribution is -2.62. The van der Waals surface area contributed by atoms with Crippen molar-refractivity contribution in [3.05, 3.63) is 35.4 Å². The molecular formula is C20H31N3O2. The zero-order valence-electron chi connectivity index (χ0n) is 16.0. The number of urea groups is 1. The Hall–Kier alpha value is -1.88. The van der Waals surface area contributed by atoms with Gasteiger partial charge in [0.15, 0.2) is 5.78 Å². The SMILES string of the molecule is Cc1ccc(C(=O)CCNC(=O)NC2CC(C)(C)NC(C)(C)C2)cc1. The van der Waals surface area contributed by atoms with Crippen molar-refractivity contribution in [2.75, 3.05) is 6.54 Å². The predicted molar refractivity (Wildman–Crippen MR) is 101 cm³/mol. The molecule has 3 N–H and O–H groups in total. The van der Waals surface area contributed by atoms with Crippen LogP contribution in [0.4, 0.5) is 4.79 Å². The lowest BCUT2D eigenvalue weighted by Gasteiger charge is -2.46. The molecule has 0 unspecified atom stereocenters. The van der Waals surface area contributed by atoms with Crippen LogP contribution < -0.4 is 16.0 Å². The van der Waals surface area contributed by atoms with E-state index in [1.807, 2.05) is 31.2 Å². The van der Waals surface area contributed by atoms with Gasteiger partial charge in [-0.3, -0.25) is 4.79 Å². The smallest absolute Gasteiger partial charge is 0.315 e. The van der Waals surface area contributed by atoms with Crippen molar-refractivity contribution in [3.8, 4) is 0 Å². The van der Waals surface area contributed by atoms with Gasteiger partial charge in [0.25, 0.3) is 0 Å². The molecule has 0 aromatic heterocycles. The van der Waals surface area contributed by atoms with Crippen LogP contribution in [0.5, 0.6) is 0 Å². The standard InChI is InChI=1S/C20H31N3O2/c1-14-6-8-15(9-7-14)17(24)10-11-21-18(25)22-16-12-19(2,3)23-20(4,5)13-16/h6-9,16,23H,10-13H2,1-5H3,(H2,21,22,25). The molecule has 2 rings (SSSR count). The molecule has 5 nitrogen and oxygen atoms in total. The summed E-state index contributed by atoms with van der Waals surface area (Å²) in [5.74, 6) is 0.0458. The van der Waals surface area contributed by atoms with Gasteiger partial charge in [0.1, 0.15) is 0 Å². The Balaban J connectivity index is 1.77. The molecule has 0 bridgehead atoms. The molecule has 1 fully saturated rings. The predicted octanol–water partition coefficient (Wildman–Crippen LogP) is 3.18. The summed E-state index contributed by atoms with van der Waals surface area (Å²) in [6.07, 6.45) is 2.07. The van der Waals surface area contributed by atoms with E-state index in [2.05, 4.69) is 43.6 Å². The lowest BCUT2D eigenvalue weighted by molar-refractivity contribution is 0.0983. The fourth-order valence-corrected chi connectivity index (χ4v) is 3.83. The number of aryl methyl sites for hydroxylation is 1. The second-order valence-corrected chi connectivity index (χ2v) is 8.44. The van der Waals surface area contributed by atoms with E-state index in [4.69, 9.17) is 0 Å². The molecule has 0 radical (unpaired) electrons. The number of carbonyl (C=O) groups excluding carboxylic acids is 2. The third kappa shape index (κ3) is 6.16. The average Bonchev–Trinajstić information content (AvgIpc) is 2.44. The van der Waals surface area contributed by atoms with Crippen LogP contribution in [0.1, 0.15) is 62.9 Å². The van der Waals surface area contributed by atoms with Gasteiger partial charge in [-0.15, -0.1) is 0 Å². The number of hydrogen-bond acceptors (Lipinski definition) is 3. The Labute approximate surface area is 151 Å². The largest absolute Gasteiger partial charge is 0.338 e. The fraction of sp³-hybridized carbons (Fsp3) is 0.600. The fourth-order valence-electron chi connectivity index (χ4n) is 3.83. The molecule has 0 spiro atoms. The zero-order chi connectivity index (χ0) is 18.7. The highest BCUT2D eigenvalue weighted by Gasteiger charge is 2.38. The zero-order valence-corrected chi connectivity index (χ0v) is 16.0. The van der Waals surface area contributed by atoms with Crippen molar-refractivity contribution in [2.45, 2.75) is 71.0 Å². The first-order valence-electron chi connectivity index (χ1n) is 9.00. The summed E-state index contributed by atoms with van der Waals surface area (Å²) in [4.78, 5) is 24.3. The second kappa shape index (κ2) is 7.56.